The van der Waals surface area contributed by atoms with Gasteiger partial charge in [-0.15, -0.1) is 0 Å². The fourth-order valence-electron chi connectivity index (χ4n) is 2.83. The second-order valence-electron chi connectivity index (χ2n) is 5.81. The molecule has 1 aliphatic rings. The Morgan fingerprint density at radius 1 is 1.43 bits per heavy atom. The Morgan fingerprint density at radius 2 is 2.10 bits per heavy atom. The molecule has 2 heterocycles. The third kappa shape index (κ3) is 3.77. The molecule has 2 rings (SSSR count). The van der Waals surface area contributed by atoms with Crippen LogP contribution in [0.15, 0.2) is 18.5 Å². The van der Waals surface area contributed by atoms with Crippen LogP contribution in [0.5, 0.6) is 0 Å². The van der Waals surface area contributed by atoms with Crippen molar-refractivity contribution in [2.24, 2.45) is 0 Å². The van der Waals surface area contributed by atoms with Crippen LogP contribution in [0.1, 0.15) is 23.2 Å². The van der Waals surface area contributed by atoms with Gasteiger partial charge in [-0.1, -0.05) is 0 Å². The molecule has 0 radical (unpaired) electrons. The van der Waals surface area contributed by atoms with Crippen molar-refractivity contribution < 1.29 is 13.9 Å². The molecule has 5 nitrogen and oxygen atoms in total. The maximum absolute atomic E-state index is 13.2. The monoisotopic (exact) mass is 295 g/mol. The lowest BCUT2D eigenvalue weighted by Crippen LogP contribution is -2.52. The van der Waals surface area contributed by atoms with Gasteiger partial charge < -0.3 is 14.5 Å². The molecule has 0 saturated carbocycles. The number of aromatic nitrogens is 1. The summed E-state index contributed by atoms with van der Waals surface area (Å²) in [6.45, 7) is 2.04. The molecule has 0 spiro atoms. The molecule has 1 aliphatic heterocycles. The van der Waals surface area contributed by atoms with Crippen molar-refractivity contribution in [3.05, 3.63) is 29.8 Å². The van der Waals surface area contributed by atoms with Crippen molar-refractivity contribution in [2.75, 3.05) is 40.8 Å². The van der Waals surface area contributed by atoms with Gasteiger partial charge in [0, 0.05) is 32.9 Å². The minimum absolute atomic E-state index is 0.170. The van der Waals surface area contributed by atoms with Gasteiger partial charge in [-0.25, -0.2) is 4.39 Å². The summed E-state index contributed by atoms with van der Waals surface area (Å²) in [7, 11) is 5.74. The number of hydrogen-bond acceptors (Lipinski definition) is 4. The summed E-state index contributed by atoms with van der Waals surface area (Å²) in [4.78, 5) is 19.9. The zero-order valence-corrected chi connectivity index (χ0v) is 12.8. The molecule has 6 heteroatoms. The minimum atomic E-state index is -0.489. The lowest BCUT2D eigenvalue weighted by atomic mass is 9.90. The maximum Gasteiger partial charge on any atom is 0.255 e. The number of halogens is 1. The molecule has 1 saturated heterocycles. The van der Waals surface area contributed by atoms with Crippen LogP contribution in [0.2, 0.25) is 0 Å². The average molecular weight is 295 g/mol. The Hall–Kier alpha value is -1.53. The van der Waals surface area contributed by atoms with Crippen molar-refractivity contribution in [3.8, 4) is 0 Å². The summed E-state index contributed by atoms with van der Waals surface area (Å²) in [6, 6.07) is 1.23. The van der Waals surface area contributed by atoms with Crippen LogP contribution in [0, 0.1) is 5.82 Å². The van der Waals surface area contributed by atoms with E-state index in [9.17, 15) is 9.18 Å². The quantitative estimate of drug-likeness (QED) is 0.842. The number of amides is 1. The standard InChI is InChI=1S/C15H22FN3O2/c1-18(2)11-15(21-3)4-6-19(7-5-15)14(20)12-8-13(16)10-17-9-12/h8-10H,4-7,11H2,1-3H3. The van der Waals surface area contributed by atoms with E-state index in [4.69, 9.17) is 4.74 Å². The number of likely N-dealkylation sites (N-methyl/N-ethyl adjacent to an activating group) is 1. The van der Waals surface area contributed by atoms with Gasteiger partial charge in [-0.2, -0.15) is 0 Å². The molecule has 0 unspecified atom stereocenters. The summed E-state index contributed by atoms with van der Waals surface area (Å²) in [5.41, 5.74) is 0.0908. The van der Waals surface area contributed by atoms with Crippen LogP contribution in [0.25, 0.3) is 0 Å². The molecule has 116 valence electrons. The summed E-state index contributed by atoms with van der Waals surface area (Å²) < 4.78 is 18.8. The lowest BCUT2D eigenvalue weighted by molar-refractivity contribution is -0.0654. The molecule has 0 atom stereocenters. The van der Waals surface area contributed by atoms with E-state index in [1.807, 2.05) is 14.1 Å². The zero-order valence-electron chi connectivity index (χ0n) is 12.8. The lowest BCUT2D eigenvalue weighted by Gasteiger charge is -2.42. The van der Waals surface area contributed by atoms with Gasteiger partial charge in [0.2, 0.25) is 0 Å². The van der Waals surface area contributed by atoms with E-state index in [2.05, 4.69) is 9.88 Å². The molecule has 0 bridgehead atoms. The molecule has 1 aromatic rings. The van der Waals surface area contributed by atoms with Crippen molar-refractivity contribution >= 4 is 5.91 Å². The number of hydrogen-bond donors (Lipinski definition) is 0. The van der Waals surface area contributed by atoms with Gasteiger partial charge in [-0.3, -0.25) is 9.78 Å². The fraction of sp³-hybridized carbons (Fsp3) is 0.600. The predicted molar refractivity (Wildman–Crippen MR) is 77.6 cm³/mol. The van der Waals surface area contributed by atoms with E-state index in [0.29, 0.717) is 18.7 Å². The summed E-state index contributed by atoms with van der Waals surface area (Å²) in [5, 5.41) is 0. The van der Waals surface area contributed by atoms with Gasteiger partial charge in [-0.05, 0) is 33.0 Å². The first-order valence-corrected chi connectivity index (χ1v) is 7.05. The van der Waals surface area contributed by atoms with E-state index in [-0.39, 0.29) is 11.5 Å². The minimum Gasteiger partial charge on any atom is -0.377 e. The summed E-state index contributed by atoms with van der Waals surface area (Å²) >= 11 is 0. The molecule has 0 N–H and O–H groups in total. The van der Waals surface area contributed by atoms with Crippen molar-refractivity contribution in [2.45, 2.75) is 18.4 Å². The number of carbonyl (C=O) groups is 1. The number of nitrogens with zero attached hydrogens (tertiary/aromatic N) is 3. The number of ether oxygens (including phenoxy) is 1. The van der Waals surface area contributed by atoms with E-state index >= 15 is 0 Å². The number of piperidine rings is 1. The summed E-state index contributed by atoms with van der Waals surface area (Å²) in [6.07, 6.45) is 4.05. The summed E-state index contributed by atoms with van der Waals surface area (Å²) in [5.74, 6) is -0.659. The van der Waals surface area contributed by atoms with Gasteiger partial charge in [0.05, 0.1) is 17.4 Å². The Labute approximate surface area is 124 Å². The first-order chi connectivity index (χ1) is 9.96. The highest BCUT2D eigenvalue weighted by Gasteiger charge is 2.36. The highest BCUT2D eigenvalue weighted by atomic mass is 19.1. The Morgan fingerprint density at radius 3 is 2.62 bits per heavy atom. The molecule has 0 aromatic carbocycles. The number of rotatable bonds is 4. The molecular weight excluding hydrogens is 273 g/mol. The van der Waals surface area contributed by atoms with E-state index in [1.165, 1.54) is 12.3 Å². The average Bonchev–Trinajstić information content (AvgIpc) is 2.46. The Balaban J connectivity index is 2.01. The maximum atomic E-state index is 13.2. The predicted octanol–water partition coefficient (Wildman–Crippen LogP) is 1.40. The number of likely N-dealkylation sites (tertiary alicyclic amines) is 1. The molecule has 0 aliphatic carbocycles. The van der Waals surface area contributed by atoms with E-state index in [1.54, 1.807) is 12.0 Å². The fourth-order valence-corrected chi connectivity index (χ4v) is 2.83. The van der Waals surface area contributed by atoms with Crippen LogP contribution in [0.4, 0.5) is 4.39 Å². The number of pyridine rings is 1. The van der Waals surface area contributed by atoms with Gasteiger partial charge in [0.1, 0.15) is 5.82 Å². The van der Waals surface area contributed by atoms with Crippen molar-refractivity contribution in [1.82, 2.24) is 14.8 Å². The molecule has 1 aromatic heterocycles. The van der Waals surface area contributed by atoms with Gasteiger partial charge in [0.15, 0.2) is 0 Å². The van der Waals surface area contributed by atoms with Crippen molar-refractivity contribution in [1.29, 1.82) is 0 Å². The smallest absolute Gasteiger partial charge is 0.255 e. The first kappa shape index (κ1) is 15.9. The topological polar surface area (TPSA) is 45.7 Å². The van der Waals surface area contributed by atoms with E-state index in [0.717, 1.165) is 25.6 Å². The largest absolute Gasteiger partial charge is 0.377 e. The molecule has 1 fully saturated rings. The third-order valence-corrected chi connectivity index (χ3v) is 3.95. The van der Waals surface area contributed by atoms with Crippen LogP contribution >= 0.6 is 0 Å². The highest BCUT2D eigenvalue weighted by molar-refractivity contribution is 5.94. The van der Waals surface area contributed by atoms with Crippen molar-refractivity contribution in [3.63, 3.8) is 0 Å². The molecular formula is C15H22FN3O2. The second kappa shape index (κ2) is 6.49. The SMILES string of the molecule is COC1(CN(C)C)CCN(C(=O)c2cncc(F)c2)CC1. The highest BCUT2D eigenvalue weighted by Crippen LogP contribution is 2.27. The number of methoxy groups -OCH3 is 1. The van der Waals surface area contributed by atoms with Crippen LogP contribution in [0.3, 0.4) is 0 Å². The van der Waals surface area contributed by atoms with Crippen LogP contribution in [-0.2, 0) is 4.74 Å². The Kier molecular flexibility index (Phi) is 4.90. The van der Waals surface area contributed by atoms with Gasteiger partial charge >= 0.3 is 0 Å². The Bertz CT molecular complexity index is 499. The third-order valence-electron chi connectivity index (χ3n) is 3.95. The van der Waals surface area contributed by atoms with Gasteiger partial charge in [0.25, 0.3) is 5.91 Å². The van der Waals surface area contributed by atoms with Crippen LogP contribution < -0.4 is 0 Å². The molecule has 21 heavy (non-hydrogen) atoms. The normalized spacial score (nSPS) is 18.0. The first-order valence-electron chi connectivity index (χ1n) is 7.05. The van der Waals surface area contributed by atoms with Crippen LogP contribution in [-0.4, -0.2) is 67.1 Å². The second-order valence-corrected chi connectivity index (χ2v) is 5.81. The molecule has 1 amide bonds. The number of carbonyl (C=O) groups excluding carboxylic acids is 1. The zero-order chi connectivity index (χ0) is 15.5. The van der Waals surface area contributed by atoms with E-state index < -0.39 is 5.82 Å².